The van der Waals surface area contributed by atoms with E-state index in [1.54, 1.807) is 0 Å². The summed E-state index contributed by atoms with van der Waals surface area (Å²) < 4.78 is 5.58. The maximum absolute atomic E-state index is 5.58. The highest BCUT2D eigenvalue weighted by atomic mass is 16.5. The lowest BCUT2D eigenvalue weighted by atomic mass is 9.91. The number of hydrogen-bond acceptors (Lipinski definition) is 2. The second-order valence-electron chi connectivity index (χ2n) is 7.23. The van der Waals surface area contributed by atoms with Crippen LogP contribution in [0.25, 0.3) is 0 Å². The van der Waals surface area contributed by atoms with Crippen LogP contribution in [-0.2, 0) is 4.74 Å². The fourth-order valence-electron chi connectivity index (χ4n) is 1.43. The Bertz CT molecular complexity index is 320. The Labute approximate surface area is 120 Å². The molecule has 0 aromatic carbocycles. The number of rotatable bonds is 7. The minimum absolute atomic E-state index is 0.0620. The average molecular weight is 265 g/mol. The number of ether oxygens (including phenoxy) is 1. The summed E-state index contributed by atoms with van der Waals surface area (Å²) in [4.78, 5) is 0. The molecule has 0 unspecified atom stereocenters. The predicted molar refractivity (Wildman–Crippen MR) is 83.9 cm³/mol. The van der Waals surface area contributed by atoms with Crippen LogP contribution in [0.4, 0.5) is 0 Å². The van der Waals surface area contributed by atoms with Crippen LogP contribution in [0.15, 0.2) is 12.3 Å². The third-order valence-electron chi connectivity index (χ3n) is 2.38. The Hall–Kier alpha value is -0.940. The minimum atomic E-state index is 0.0620. The summed E-state index contributed by atoms with van der Waals surface area (Å²) in [6, 6.07) is 0. The van der Waals surface area contributed by atoms with Crippen LogP contribution in [-0.4, -0.2) is 19.8 Å². The second-order valence-corrected chi connectivity index (χ2v) is 7.23. The molecule has 19 heavy (non-hydrogen) atoms. The zero-order valence-corrected chi connectivity index (χ0v) is 13.7. The van der Waals surface area contributed by atoms with Gasteiger partial charge in [-0.25, -0.2) is 0 Å². The first-order valence-corrected chi connectivity index (χ1v) is 7.10. The molecule has 0 amide bonds. The molecule has 0 rings (SSSR count). The van der Waals surface area contributed by atoms with Gasteiger partial charge in [0.15, 0.2) is 0 Å². The van der Waals surface area contributed by atoms with Gasteiger partial charge in [0.25, 0.3) is 0 Å². The Balaban J connectivity index is 3.58. The second kappa shape index (κ2) is 8.27. The fraction of sp³-hybridized carbons (Fsp3) is 0.765. The smallest absolute Gasteiger partial charge is 0.0856 e. The van der Waals surface area contributed by atoms with Gasteiger partial charge in [0.1, 0.15) is 0 Å². The van der Waals surface area contributed by atoms with E-state index in [0.717, 1.165) is 18.7 Å². The molecule has 110 valence electrons. The van der Waals surface area contributed by atoms with E-state index < -0.39 is 0 Å². The monoisotopic (exact) mass is 265 g/mol. The largest absolute Gasteiger partial charge is 0.376 e. The Morgan fingerprint density at radius 3 is 2.32 bits per heavy atom. The van der Waals surface area contributed by atoms with Crippen LogP contribution in [0.5, 0.6) is 0 Å². The highest BCUT2D eigenvalue weighted by molar-refractivity contribution is 5.10. The molecule has 0 aliphatic rings. The molecule has 0 saturated carbocycles. The first-order valence-electron chi connectivity index (χ1n) is 7.10. The zero-order valence-electron chi connectivity index (χ0n) is 13.7. The van der Waals surface area contributed by atoms with E-state index in [0.29, 0.717) is 18.6 Å². The van der Waals surface area contributed by atoms with Crippen LogP contribution in [0.3, 0.4) is 0 Å². The van der Waals surface area contributed by atoms with E-state index in [1.165, 1.54) is 6.42 Å². The average Bonchev–Trinajstić information content (AvgIpc) is 2.21. The van der Waals surface area contributed by atoms with Gasteiger partial charge in [-0.05, 0) is 39.0 Å². The summed E-state index contributed by atoms with van der Waals surface area (Å²) in [5.74, 6) is 6.28. The lowest BCUT2D eigenvalue weighted by Gasteiger charge is -2.17. The quantitative estimate of drug-likeness (QED) is 0.555. The molecule has 0 aromatic rings. The third kappa shape index (κ3) is 15.0. The van der Waals surface area contributed by atoms with Gasteiger partial charge in [-0.3, -0.25) is 0 Å². The van der Waals surface area contributed by atoms with Crippen LogP contribution in [0.2, 0.25) is 0 Å². The molecule has 0 atom stereocenters. The van der Waals surface area contributed by atoms with Gasteiger partial charge in [-0.1, -0.05) is 39.2 Å². The lowest BCUT2D eigenvalue weighted by Crippen LogP contribution is -2.18. The molecule has 0 aliphatic carbocycles. The summed E-state index contributed by atoms with van der Waals surface area (Å²) in [6.07, 6.45) is 2.28. The fourth-order valence-corrected chi connectivity index (χ4v) is 1.43. The van der Waals surface area contributed by atoms with Gasteiger partial charge in [0, 0.05) is 17.7 Å². The molecule has 2 nitrogen and oxygen atoms in total. The van der Waals surface area contributed by atoms with E-state index in [2.05, 4.69) is 65.3 Å². The van der Waals surface area contributed by atoms with E-state index in [9.17, 15) is 0 Å². The molecule has 2 heteroatoms. The summed E-state index contributed by atoms with van der Waals surface area (Å²) in [6.45, 7) is 19.0. The standard InChI is InChI=1S/C17H31NO/c1-15(18-12-8-10-16(2,3)4)14-19-13-9-11-17(5,6)7/h18H,1,9,11-14H2,2-7H3. The van der Waals surface area contributed by atoms with Gasteiger partial charge < -0.3 is 10.1 Å². The molecule has 0 fully saturated rings. The van der Waals surface area contributed by atoms with Crippen molar-refractivity contribution >= 4 is 0 Å². The molecule has 0 aliphatic heterocycles. The SMILES string of the molecule is C=C(COCCCC(C)(C)C)NCC#CC(C)(C)C. The summed E-state index contributed by atoms with van der Waals surface area (Å²) in [5, 5.41) is 3.17. The molecular formula is C17H31NO. The molecule has 0 aromatic heterocycles. The van der Waals surface area contributed by atoms with Gasteiger partial charge >= 0.3 is 0 Å². The summed E-state index contributed by atoms with van der Waals surface area (Å²) >= 11 is 0. The summed E-state index contributed by atoms with van der Waals surface area (Å²) in [7, 11) is 0. The van der Waals surface area contributed by atoms with Gasteiger partial charge in [-0.2, -0.15) is 0 Å². The van der Waals surface area contributed by atoms with Crippen LogP contribution < -0.4 is 5.32 Å². The zero-order chi connectivity index (χ0) is 14.9. The molecule has 0 radical (unpaired) electrons. The van der Waals surface area contributed by atoms with E-state index in [4.69, 9.17) is 4.74 Å². The van der Waals surface area contributed by atoms with Crippen molar-refractivity contribution in [1.29, 1.82) is 0 Å². The third-order valence-corrected chi connectivity index (χ3v) is 2.38. The van der Waals surface area contributed by atoms with Crippen LogP contribution in [0.1, 0.15) is 54.4 Å². The molecule has 1 N–H and O–H groups in total. The van der Waals surface area contributed by atoms with Crippen LogP contribution >= 0.6 is 0 Å². The first-order chi connectivity index (χ1) is 8.60. The van der Waals surface area contributed by atoms with E-state index >= 15 is 0 Å². The topological polar surface area (TPSA) is 21.3 Å². The molecule has 0 saturated heterocycles. The molecule has 0 heterocycles. The minimum Gasteiger partial charge on any atom is -0.376 e. The van der Waals surface area contributed by atoms with Crippen molar-refractivity contribution in [2.45, 2.75) is 54.4 Å². The van der Waals surface area contributed by atoms with Crippen molar-refractivity contribution in [3.63, 3.8) is 0 Å². The van der Waals surface area contributed by atoms with Crippen molar-refractivity contribution in [3.8, 4) is 11.8 Å². The van der Waals surface area contributed by atoms with E-state index in [-0.39, 0.29) is 5.41 Å². The Morgan fingerprint density at radius 1 is 1.16 bits per heavy atom. The van der Waals surface area contributed by atoms with Crippen molar-refractivity contribution in [3.05, 3.63) is 12.3 Å². The number of nitrogens with one attached hydrogen (secondary N) is 1. The first kappa shape index (κ1) is 18.1. The van der Waals surface area contributed by atoms with E-state index in [1.807, 2.05) is 0 Å². The van der Waals surface area contributed by atoms with Crippen LogP contribution in [0, 0.1) is 22.7 Å². The highest BCUT2D eigenvalue weighted by Gasteiger charge is 2.08. The van der Waals surface area contributed by atoms with Crippen molar-refractivity contribution in [2.24, 2.45) is 10.8 Å². The molecule has 0 bridgehead atoms. The lowest BCUT2D eigenvalue weighted by molar-refractivity contribution is 0.139. The van der Waals surface area contributed by atoms with Crippen molar-refractivity contribution in [2.75, 3.05) is 19.8 Å². The number of hydrogen-bond donors (Lipinski definition) is 1. The maximum atomic E-state index is 5.58. The van der Waals surface area contributed by atoms with Crippen molar-refractivity contribution < 1.29 is 4.74 Å². The highest BCUT2D eigenvalue weighted by Crippen LogP contribution is 2.20. The Kier molecular flexibility index (Phi) is 7.87. The van der Waals surface area contributed by atoms with Gasteiger partial charge in [-0.15, -0.1) is 0 Å². The Morgan fingerprint density at radius 2 is 1.79 bits per heavy atom. The molecular weight excluding hydrogens is 234 g/mol. The molecule has 0 spiro atoms. The summed E-state index contributed by atoms with van der Waals surface area (Å²) in [5.41, 5.74) is 1.35. The van der Waals surface area contributed by atoms with Gasteiger partial charge in [0.2, 0.25) is 0 Å². The maximum Gasteiger partial charge on any atom is 0.0856 e. The predicted octanol–water partition coefficient (Wildman–Crippen LogP) is 3.98. The van der Waals surface area contributed by atoms with Gasteiger partial charge in [0.05, 0.1) is 13.2 Å². The van der Waals surface area contributed by atoms with Crippen molar-refractivity contribution in [1.82, 2.24) is 5.32 Å². The normalized spacial score (nSPS) is 11.7.